The van der Waals surface area contributed by atoms with Crippen LogP contribution in [0.1, 0.15) is 34.3 Å². The molecule has 1 heterocycles. The minimum atomic E-state index is -3.87. The number of piperidine rings is 1. The van der Waals surface area contributed by atoms with Crippen molar-refractivity contribution in [2.75, 3.05) is 30.6 Å². The van der Waals surface area contributed by atoms with Crippen molar-refractivity contribution in [3.05, 3.63) is 59.2 Å². The van der Waals surface area contributed by atoms with Gasteiger partial charge in [0.25, 0.3) is 15.9 Å². The zero-order valence-electron chi connectivity index (χ0n) is 18.5. The lowest BCUT2D eigenvalue weighted by Gasteiger charge is -2.30. The van der Waals surface area contributed by atoms with Gasteiger partial charge in [-0.05, 0) is 61.9 Å². The van der Waals surface area contributed by atoms with Gasteiger partial charge in [0.2, 0.25) is 10.0 Å². The molecular formula is C22H29N3O5S2. The van der Waals surface area contributed by atoms with E-state index in [4.69, 9.17) is 0 Å². The maximum absolute atomic E-state index is 13.0. The Morgan fingerprint density at radius 3 is 2.34 bits per heavy atom. The van der Waals surface area contributed by atoms with E-state index in [-0.39, 0.29) is 28.0 Å². The molecule has 1 aliphatic rings. The van der Waals surface area contributed by atoms with E-state index < -0.39 is 20.0 Å². The standard InChI is InChI=1S/C22H29N3O5S2/c1-16-8-9-17(2)21(14-16)32(29,30)24-20-7-5-4-6-19(20)22(26)23-15-18-10-12-25(13-11-18)31(3,27)28/h4-9,14,18,24H,10-13,15H2,1-3H3,(H,23,26). The summed E-state index contributed by atoms with van der Waals surface area (Å²) in [5.41, 5.74) is 1.88. The Morgan fingerprint density at radius 1 is 1.03 bits per heavy atom. The van der Waals surface area contributed by atoms with Crippen LogP contribution in [0.5, 0.6) is 0 Å². The Labute approximate surface area is 190 Å². The molecule has 0 aliphatic carbocycles. The number of nitrogens with one attached hydrogen (secondary N) is 2. The summed E-state index contributed by atoms with van der Waals surface area (Å²) in [6.07, 6.45) is 2.52. The second-order valence-electron chi connectivity index (χ2n) is 8.24. The van der Waals surface area contributed by atoms with Crippen LogP contribution in [0.4, 0.5) is 5.69 Å². The van der Waals surface area contributed by atoms with E-state index >= 15 is 0 Å². The van der Waals surface area contributed by atoms with Gasteiger partial charge in [0.15, 0.2) is 0 Å². The highest BCUT2D eigenvalue weighted by molar-refractivity contribution is 7.92. The predicted molar refractivity (Wildman–Crippen MR) is 125 cm³/mol. The summed E-state index contributed by atoms with van der Waals surface area (Å²) in [7, 11) is -7.07. The number of carbonyl (C=O) groups is 1. The van der Waals surface area contributed by atoms with Crippen molar-refractivity contribution >= 4 is 31.6 Å². The summed E-state index contributed by atoms with van der Waals surface area (Å²) >= 11 is 0. The van der Waals surface area contributed by atoms with Crippen molar-refractivity contribution in [1.29, 1.82) is 0 Å². The highest BCUT2D eigenvalue weighted by Gasteiger charge is 2.26. The molecule has 0 spiro atoms. The smallest absolute Gasteiger partial charge is 0.262 e. The first kappa shape index (κ1) is 24.2. The summed E-state index contributed by atoms with van der Waals surface area (Å²) in [5, 5.41) is 2.87. The first-order chi connectivity index (χ1) is 15.0. The van der Waals surface area contributed by atoms with Crippen molar-refractivity contribution in [3.63, 3.8) is 0 Å². The van der Waals surface area contributed by atoms with Gasteiger partial charge in [-0.25, -0.2) is 21.1 Å². The van der Waals surface area contributed by atoms with Crippen LogP contribution in [0.15, 0.2) is 47.4 Å². The second kappa shape index (κ2) is 9.60. The van der Waals surface area contributed by atoms with Crippen molar-refractivity contribution < 1.29 is 21.6 Å². The van der Waals surface area contributed by atoms with E-state index in [2.05, 4.69) is 10.0 Å². The minimum absolute atomic E-state index is 0.163. The number of nitrogens with zero attached hydrogens (tertiary/aromatic N) is 1. The molecule has 2 N–H and O–H groups in total. The largest absolute Gasteiger partial charge is 0.352 e. The molecule has 1 aliphatic heterocycles. The highest BCUT2D eigenvalue weighted by atomic mass is 32.2. The third kappa shape index (κ3) is 5.87. The van der Waals surface area contributed by atoms with Gasteiger partial charge in [-0.1, -0.05) is 24.3 Å². The normalized spacial score (nSPS) is 16.0. The Hall–Kier alpha value is -2.43. The van der Waals surface area contributed by atoms with Crippen LogP contribution in [0.2, 0.25) is 0 Å². The second-order valence-corrected chi connectivity index (χ2v) is 11.9. The van der Waals surface area contributed by atoms with E-state index in [1.807, 2.05) is 13.0 Å². The third-order valence-electron chi connectivity index (χ3n) is 5.64. The van der Waals surface area contributed by atoms with E-state index in [0.29, 0.717) is 38.0 Å². The summed E-state index contributed by atoms with van der Waals surface area (Å²) in [4.78, 5) is 13.0. The molecule has 32 heavy (non-hydrogen) atoms. The van der Waals surface area contributed by atoms with Crippen molar-refractivity contribution in [3.8, 4) is 0 Å². The average Bonchev–Trinajstić information content (AvgIpc) is 2.73. The zero-order valence-corrected chi connectivity index (χ0v) is 20.1. The lowest BCUT2D eigenvalue weighted by Crippen LogP contribution is -2.41. The Bertz CT molecular complexity index is 1200. The molecule has 8 nitrogen and oxygen atoms in total. The number of anilines is 1. The molecule has 0 aromatic heterocycles. The molecule has 1 amide bonds. The summed E-state index contributed by atoms with van der Waals surface area (Å²) in [5.74, 6) is -0.217. The fraction of sp³-hybridized carbons (Fsp3) is 0.409. The molecule has 0 bridgehead atoms. The van der Waals surface area contributed by atoms with Crippen LogP contribution in [-0.2, 0) is 20.0 Å². The highest BCUT2D eigenvalue weighted by Crippen LogP contribution is 2.24. The molecule has 3 rings (SSSR count). The molecule has 2 aromatic rings. The van der Waals surface area contributed by atoms with Crippen LogP contribution in [0, 0.1) is 19.8 Å². The Balaban J connectivity index is 1.69. The maximum atomic E-state index is 13.0. The molecule has 174 valence electrons. The third-order valence-corrected chi connectivity index (χ3v) is 8.45. The van der Waals surface area contributed by atoms with E-state index in [9.17, 15) is 21.6 Å². The van der Waals surface area contributed by atoms with Crippen LogP contribution < -0.4 is 10.0 Å². The quantitative estimate of drug-likeness (QED) is 0.634. The molecular weight excluding hydrogens is 450 g/mol. The van der Waals surface area contributed by atoms with Crippen molar-refractivity contribution in [1.82, 2.24) is 9.62 Å². The van der Waals surface area contributed by atoms with Crippen molar-refractivity contribution in [2.45, 2.75) is 31.6 Å². The van der Waals surface area contributed by atoms with Gasteiger partial charge in [0.05, 0.1) is 22.4 Å². The number of carbonyl (C=O) groups excluding carboxylic acids is 1. The van der Waals surface area contributed by atoms with Crippen molar-refractivity contribution in [2.24, 2.45) is 5.92 Å². The Kier molecular flexibility index (Phi) is 7.26. The summed E-state index contributed by atoms with van der Waals surface area (Å²) in [6, 6.07) is 11.7. The molecule has 2 aromatic carbocycles. The summed E-state index contributed by atoms with van der Waals surface area (Å²) in [6.45, 7) is 4.81. The maximum Gasteiger partial charge on any atom is 0.262 e. The Morgan fingerprint density at radius 2 is 1.69 bits per heavy atom. The molecule has 0 atom stereocenters. The van der Waals surface area contributed by atoms with Gasteiger partial charge in [-0.3, -0.25) is 9.52 Å². The summed E-state index contributed by atoms with van der Waals surface area (Å²) < 4.78 is 53.2. The number of benzene rings is 2. The lowest BCUT2D eigenvalue weighted by molar-refractivity contribution is 0.0942. The first-order valence-electron chi connectivity index (χ1n) is 10.4. The fourth-order valence-electron chi connectivity index (χ4n) is 3.74. The van der Waals surface area contributed by atoms with Gasteiger partial charge in [-0.2, -0.15) is 0 Å². The van der Waals surface area contributed by atoms with Gasteiger partial charge >= 0.3 is 0 Å². The molecule has 10 heteroatoms. The molecule has 0 saturated carbocycles. The van der Waals surface area contributed by atoms with E-state index in [0.717, 1.165) is 5.56 Å². The van der Waals surface area contributed by atoms with Gasteiger partial charge in [-0.15, -0.1) is 0 Å². The number of hydrogen-bond acceptors (Lipinski definition) is 5. The fourth-order valence-corrected chi connectivity index (χ4v) is 6.03. The van der Waals surface area contributed by atoms with Crippen LogP contribution >= 0.6 is 0 Å². The number of rotatable bonds is 7. The van der Waals surface area contributed by atoms with E-state index in [1.165, 1.54) is 10.6 Å². The van der Waals surface area contributed by atoms with E-state index in [1.54, 1.807) is 43.3 Å². The van der Waals surface area contributed by atoms with Gasteiger partial charge in [0.1, 0.15) is 0 Å². The van der Waals surface area contributed by atoms with Crippen LogP contribution in [0.25, 0.3) is 0 Å². The number of aryl methyl sites for hydroxylation is 2. The number of hydrogen-bond donors (Lipinski definition) is 2. The number of para-hydroxylation sites is 1. The monoisotopic (exact) mass is 479 g/mol. The van der Waals surface area contributed by atoms with Crippen LogP contribution in [-0.4, -0.2) is 52.9 Å². The molecule has 0 unspecified atom stereocenters. The average molecular weight is 480 g/mol. The topological polar surface area (TPSA) is 113 Å². The molecule has 1 saturated heterocycles. The molecule has 0 radical (unpaired) electrons. The first-order valence-corrected chi connectivity index (χ1v) is 13.7. The molecule has 1 fully saturated rings. The predicted octanol–water partition coefficient (Wildman–Crippen LogP) is 2.51. The zero-order chi connectivity index (χ0) is 23.5. The minimum Gasteiger partial charge on any atom is -0.352 e. The SMILES string of the molecule is Cc1ccc(C)c(S(=O)(=O)Nc2ccccc2C(=O)NCC2CCN(S(C)(=O)=O)CC2)c1. The lowest BCUT2D eigenvalue weighted by atomic mass is 9.98. The number of amides is 1. The van der Waals surface area contributed by atoms with Gasteiger partial charge in [0, 0.05) is 19.6 Å². The van der Waals surface area contributed by atoms with Crippen LogP contribution in [0.3, 0.4) is 0 Å². The van der Waals surface area contributed by atoms with Gasteiger partial charge < -0.3 is 5.32 Å². The number of sulfonamides is 2.